The number of esters is 1. The smallest absolute Gasteiger partial charge is 0.340 e. The first-order valence-electron chi connectivity index (χ1n) is 8.93. The fourth-order valence-corrected chi connectivity index (χ4v) is 2.97. The number of ether oxygens (including phenoxy) is 1. The van der Waals surface area contributed by atoms with E-state index in [4.69, 9.17) is 10.00 Å². The number of hydrogen-bond donors (Lipinski definition) is 2. The molecule has 28 heavy (non-hydrogen) atoms. The molecule has 2 heterocycles. The Morgan fingerprint density at radius 2 is 2.18 bits per heavy atom. The largest absolute Gasteiger partial charge is 0.462 e. The van der Waals surface area contributed by atoms with Crippen LogP contribution in [-0.4, -0.2) is 47.6 Å². The number of hydrogen-bond acceptors (Lipinski definition) is 5. The molecule has 2 aromatic heterocycles. The average Bonchev–Trinajstić information content (AvgIpc) is 3.13. The predicted octanol–water partition coefficient (Wildman–Crippen LogP) is 2.38. The third-order valence-electron chi connectivity index (χ3n) is 4.33. The van der Waals surface area contributed by atoms with Crippen LogP contribution in [0, 0.1) is 23.2 Å². The van der Waals surface area contributed by atoms with Crippen molar-refractivity contribution in [1.29, 1.82) is 5.26 Å². The summed E-state index contributed by atoms with van der Waals surface area (Å²) in [6.07, 6.45) is 1.96. The quantitative estimate of drug-likeness (QED) is 0.526. The number of rotatable bonds is 5. The molecule has 0 unspecified atom stereocenters. The van der Waals surface area contributed by atoms with E-state index in [1.165, 1.54) is 6.20 Å². The number of nitrogens with one attached hydrogen (secondary N) is 2. The zero-order chi connectivity index (χ0) is 20.1. The molecule has 0 spiro atoms. The fourth-order valence-electron chi connectivity index (χ4n) is 2.97. The summed E-state index contributed by atoms with van der Waals surface area (Å²) in [7, 11) is 1.91. The molecule has 3 rings (SSSR count). The molecular weight excluding hydrogens is 356 g/mol. The van der Waals surface area contributed by atoms with Gasteiger partial charge < -0.3 is 14.7 Å². The van der Waals surface area contributed by atoms with Crippen molar-refractivity contribution in [2.24, 2.45) is 0 Å². The van der Waals surface area contributed by atoms with Crippen LogP contribution in [0.2, 0.25) is 0 Å². The van der Waals surface area contributed by atoms with Gasteiger partial charge in [-0.05, 0) is 32.2 Å². The van der Waals surface area contributed by atoms with Gasteiger partial charge in [-0.25, -0.2) is 4.79 Å². The molecule has 0 bridgehead atoms. The van der Waals surface area contributed by atoms with Crippen molar-refractivity contribution in [3.63, 3.8) is 0 Å². The highest BCUT2D eigenvalue weighted by Gasteiger charge is 2.18. The van der Waals surface area contributed by atoms with Gasteiger partial charge in [0, 0.05) is 41.0 Å². The second-order valence-corrected chi connectivity index (χ2v) is 6.33. The summed E-state index contributed by atoms with van der Waals surface area (Å²) >= 11 is 0. The van der Waals surface area contributed by atoms with Crippen molar-refractivity contribution in [3.05, 3.63) is 45.9 Å². The molecule has 7 heteroatoms. The van der Waals surface area contributed by atoms with Crippen LogP contribution < -0.4 is 5.56 Å². The summed E-state index contributed by atoms with van der Waals surface area (Å²) in [4.78, 5) is 32.2. The molecule has 0 radical (unpaired) electrons. The van der Waals surface area contributed by atoms with E-state index in [2.05, 4.69) is 27.9 Å². The van der Waals surface area contributed by atoms with E-state index >= 15 is 0 Å². The molecule has 0 amide bonds. The van der Waals surface area contributed by atoms with Crippen LogP contribution in [0.5, 0.6) is 0 Å². The van der Waals surface area contributed by atoms with Gasteiger partial charge in [-0.15, -0.1) is 0 Å². The number of nitrogens with zero attached hydrogens (tertiary/aromatic N) is 2. The average molecular weight is 376 g/mol. The minimum absolute atomic E-state index is 0.253. The highest BCUT2D eigenvalue weighted by molar-refractivity contribution is 6.15. The first-order valence-corrected chi connectivity index (χ1v) is 8.93. The van der Waals surface area contributed by atoms with E-state index < -0.39 is 5.97 Å². The van der Waals surface area contributed by atoms with Crippen molar-refractivity contribution in [2.75, 3.05) is 26.7 Å². The monoisotopic (exact) mass is 376 g/mol. The van der Waals surface area contributed by atoms with Gasteiger partial charge in [0.15, 0.2) is 0 Å². The maximum absolute atomic E-state index is 12.3. The van der Waals surface area contributed by atoms with E-state index in [9.17, 15) is 9.59 Å². The fraction of sp³-hybridized carbons (Fsp3) is 0.286. The van der Waals surface area contributed by atoms with E-state index in [0.717, 1.165) is 10.9 Å². The minimum atomic E-state index is -0.476. The number of aromatic nitrogens is 2. The van der Waals surface area contributed by atoms with Crippen molar-refractivity contribution in [3.8, 4) is 17.9 Å². The molecule has 1 aromatic carbocycles. The summed E-state index contributed by atoms with van der Waals surface area (Å²) in [6.45, 7) is 3.19. The SMILES string of the molecule is CCOC(=O)c1c[nH]c2c(=O)[nH]c3ccc(C#CCN(C)CCC#N)cc3c12. The van der Waals surface area contributed by atoms with Gasteiger partial charge >= 0.3 is 5.97 Å². The normalized spacial score (nSPS) is 10.6. The Morgan fingerprint density at radius 3 is 2.93 bits per heavy atom. The van der Waals surface area contributed by atoms with Gasteiger partial charge in [0.05, 0.1) is 24.8 Å². The van der Waals surface area contributed by atoms with Gasteiger partial charge in [0.25, 0.3) is 5.56 Å². The molecule has 3 aromatic rings. The lowest BCUT2D eigenvalue weighted by Gasteiger charge is -2.09. The summed E-state index contributed by atoms with van der Waals surface area (Å²) in [5.74, 6) is 5.70. The van der Waals surface area contributed by atoms with E-state index in [0.29, 0.717) is 41.5 Å². The number of H-pyrrole nitrogens is 2. The van der Waals surface area contributed by atoms with E-state index in [-0.39, 0.29) is 12.2 Å². The zero-order valence-electron chi connectivity index (χ0n) is 15.8. The Morgan fingerprint density at radius 1 is 1.36 bits per heavy atom. The van der Waals surface area contributed by atoms with Crippen LogP contribution in [0.15, 0.2) is 29.2 Å². The molecule has 142 valence electrons. The number of pyridine rings is 1. The van der Waals surface area contributed by atoms with Crippen LogP contribution in [0.4, 0.5) is 0 Å². The molecule has 0 aliphatic heterocycles. The maximum Gasteiger partial charge on any atom is 0.340 e. The Balaban J connectivity index is 2.03. The molecule has 0 aliphatic carbocycles. The maximum atomic E-state index is 12.3. The summed E-state index contributed by atoms with van der Waals surface area (Å²) in [5, 5.41) is 9.89. The van der Waals surface area contributed by atoms with Gasteiger partial charge in [0.2, 0.25) is 0 Å². The Labute approximate surface area is 161 Å². The van der Waals surface area contributed by atoms with Crippen molar-refractivity contribution < 1.29 is 9.53 Å². The lowest BCUT2D eigenvalue weighted by Crippen LogP contribution is -2.19. The molecule has 2 N–H and O–H groups in total. The lowest BCUT2D eigenvalue weighted by atomic mass is 10.0. The standard InChI is InChI=1S/C21H20N4O3/c1-3-28-21(27)16-13-23-19-18(16)15-12-14(7-8-17(15)24-20(19)26)6-4-10-25(2)11-5-9-22/h7-8,12-13,23H,3,5,10-11H2,1-2H3,(H,24,26). The number of carbonyl (C=O) groups is 1. The Kier molecular flexibility index (Phi) is 5.78. The number of fused-ring (bicyclic) bond motifs is 3. The summed E-state index contributed by atoms with van der Waals surface area (Å²) < 4.78 is 5.11. The van der Waals surface area contributed by atoms with Crippen molar-refractivity contribution in [2.45, 2.75) is 13.3 Å². The van der Waals surface area contributed by atoms with E-state index in [1.54, 1.807) is 13.0 Å². The molecule has 0 saturated heterocycles. The highest BCUT2D eigenvalue weighted by Crippen LogP contribution is 2.26. The van der Waals surface area contributed by atoms with Crippen LogP contribution in [-0.2, 0) is 4.74 Å². The van der Waals surface area contributed by atoms with Crippen LogP contribution in [0.25, 0.3) is 21.8 Å². The van der Waals surface area contributed by atoms with Crippen LogP contribution >= 0.6 is 0 Å². The van der Waals surface area contributed by atoms with Gasteiger partial charge in [0.1, 0.15) is 5.52 Å². The third-order valence-corrected chi connectivity index (χ3v) is 4.33. The van der Waals surface area contributed by atoms with Gasteiger partial charge in [-0.1, -0.05) is 11.8 Å². The second kappa shape index (κ2) is 8.43. The molecule has 0 aliphatic rings. The van der Waals surface area contributed by atoms with Gasteiger partial charge in [-0.3, -0.25) is 9.69 Å². The zero-order valence-corrected chi connectivity index (χ0v) is 15.8. The molecule has 0 atom stereocenters. The summed E-state index contributed by atoms with van der Waals surface area (Å²) in [5.41, 5.74) is 1.76. The third kappa shape index (κ3) is 3.90. The predicted molar refractivity (Wildman–Crippen MR) is 107 cm³/mol. The number of aromatic amines is 2. The van der Waals surface area contributed by atoms with Gasteiger partial charge in [-0.2, -0.15) is 5.26 Å². The first-order chi connectivity index (χ1) is 13.5. The molecule has 0 fully saturated rings. The topological polar surface area (TPSA) is 102 Å². The summed E-state index contributed by atoms with van der Waals surface area (Å²) in [6, 6.07) is 7.57. The number of carbonyl (C=O) groups excluding carboxylic acids is 1. The highest BCUT2D eigenvalue weighted by atomic mass is 16.5. The molecular formula is C21H20N4O3. The Bertz CT molecular complexity index is 1190. The van der Waals surface area contributed by atoms with Crippen molar-refractivity contribution in [1.82, 2.24) is 14.9 Å². The second-order valence-electron chi connectivity index (χ2n) is 6.33. The van der Waals surface area contributed by atoms with Crippen LogP contribution in [0.1, 0.15) is 29.3 Å². The first kappa shape index (κ1) is 19.2. The number of nitriles is 1. The van der Waals surface area contributed by atoms with E-state index in [1.807, 2.05) is 24.1 Å². The minimum Gasteiger partial charge on any atom is -0.462 e. The number of benzene rings is 1. The molecule has 0 saturated carbocycles. The molecule has 7 nitrogen and oxygen atoms in total. The lowest BCUT2D eigenvalue weighted by molar-refractivity contribution is 0.0529. The van der Waals surface area contributed by atoms with Crippen LogP contribution in [0.3, 0.4) is 0 Å². The van der Waals surface area contributed by atoms with Crippen molar-refractivity contribution >= 4 is 27.8 Å². The Hall–Kier alpha value is -3.55.